The highest BCUT2D eigenvalue weighted by molar-refractivity contribution is 6.32. The van der Waals surface area contributed by atoms with Crippen LogP contribution in [0.1, 0.15) is 26.2 Å². The fourth-order valence-electron chi connectivity index (χ4n) is 3.18. The van der Waals surface area contributed by atoms with Crippen LogP contribution in [0.3, 0.4) is 0 Å². The van der Waals surface area contributed by atoms with Crippen molar-refractivity contribution in [2.24, 2.45) is 11.7 Å². The number of fused-ring (bicyclic) bond motifs is 1. The summed E-state index contributed by atoms with van der Waals surface area (Å²) < 4.78 is 4.76. The Kier molecular flexibility index (Phi) is 4.34. The van der Waals surface area contributed by atoms with Crippen LogP contribution in [0.25, 0.3) is 0 Å². The third-order valence-electron chi connectivity index (χ3n) is 4.15. The molecule has 0 aromatic rings. The maximum atomic E-state index is 12.3. The van der Waals surface area contributed by atoms with Crippen molar-refractivity contribution in [3.63, 3.8) is 0 Å². The van der Waals surface area contributed by atoms with Crippen LogP contribution in [-0.4, -0.2) is 53.2 Å². The lowest BCUT2D eigenvalue weighted by Gasteiger charge is -2.36. The zero-order chi connectivity index (χ0) is 15.0. The van der Waals surface area contributed by atoms with Gasteiger partial charge in [0, 0.05) is 6.42 Å². The Morgan fingerprint density at radius 2 is 2.15 bits per heavy atom. The Hall–Kier alpha value is -1.14. The van der Waals surface area contributed by atoms with Crippen molar-refractivity contribution in [3.8, 4) is 0 Å². The molecule has 7 heteroatoms. The lowest BCUT2D eigenvalue weighted by atomic mass is 9.83. The molecule has 2 rings (SSSR count). The molecular weight excluding hydrogens is 284 g/mol. The molecule has 0 spiro atoms. The molecule has 1 heterocycles. The second-order valence-corrected chi connectivity index (χ2v) is 5.94. The highest BCUT2D eigenvalue weighted by atomic mass is 35.5. The Balaban J connectivity index is 2.35. The maximum absolute atomic E-state index is 12.3. The zero-order valence-corrected chi connectivity index (χ0v) is 12.3. The first-order valence-electron chi connectivity index (χ1n) is 6.70. The highest BCUT2D eigenvalue weighted by Gasteiger charge is 2.53. The predicted octanol–water partition coefficient (Wildman–Crippen LogP) is 0.0626. The van der Waals surface area contributed by atoms with Gasteiger partial charge in [-0.15, -0.1) is 11.6 Å². The Morgan fingerprint density at radius 3 is 2.70 bits per heavy atom. The third-order valence-corrected chi connectivity index (χ3v) is 4.65. The molecule has 1 unspecified atom stereocenters. The Morgan fingerprint density at radius 1 is 1.50 bits per heavy atom. The number of carbonyl (C=O) groups excluding carboxylic acids is 3. The van der Waals surface area contributed by atoms with E-state index in [4.69, 9.17) is 22.1 Å². The number of alkyl halides is 1. The molecule has 0 bridgehead atoms. The van der Waals surface area contributed by atoms with Gasteiger partial charge in [0.15, 0.2) is 5.78 Å². The molecule has 5 atom stereocenters. The molecule has 112 valence electrons. The van der Waals surface area contributed by atoms with Crippen LogP contribution >= 0.6 is 11.6 Å². The maximum Gasteiger partial charge on any atom is 0.328 e. The van der Waals surface area contributed by atoms with Crippen LogP contribution in [0, 0.1) is 5.92 Å². The molecule has 0 aromatic heterocycles. The van der Waals surface area contributed by atoms with Crippen LogP contribution in [0.5, 0.6) is 0 Å². The fourth-order valence-corrected chi connectivity index (χ4v) is 3.62. The first kappa shape index (κ1) is 15.3. The summed E-state index contributed by atoms with van der Waals surface area (Å²) in [5.74, 6) is -0.888. The minimum Gasteiger partial charge on any atom is -0.467 e. The number of esters is 1. The van der Waals surface area contributed by atoms with E-state index in [2.05, 4.69) is 0 Å². The SMILES string of the molecule is COC(=O)[C@@H]1C[C@H]2CCC(=O)C(Cl)[C@H]2N1C(=O)[C@@H](C)N. The molecule has 6 nitrogen and oxygen atoms in total. The molecule has 1 aliphatic heterocycles. The lowest BCUT2D eigenvalue weighted by molar-refractivity contribution is -0.153. The van der Waals surface area contributed by atoms with Gasteiger partial charge in [0.25, 0.3) is 0 Å². The molecule has 0 radical (unpaired) electrons. The molecule has 0 aromatic carbocycles. The van der Waals surface area contributed by atoms with Gasteiger partial charge in [-0.05, 0) is 25.7 Å². The summed E-state index contributed by atoms with van der Waals surface area (Å²) in [5, 5.41) is -0.772. The van der Waals surface area contributed by atoms with E-state index >= 15 is 0 Å². The monoisotopic (exact) mass is 302 g/mol. The average molecular weight is 303 g/mol. The largest absolute Gasteiger partial charge is 0.467 e. The highest BCUT2D eigenvalue weighted by Crippen LogP contribution is 2.41. The molecule has 1 aliphatic carbocycles. The van der Waals surface area contributed by atoms with E-state index in [-0.39, 0.29) is 17.6 Å². The number of methoxy groups -OCH3 is 1. The number of hydrogen-bond acceptors (Lipinski definition) is 5. The first-order valence-corrected chi connectivity index (χ1v) is 7.14. The average Bonchev–Trinajstić information content (AvgIpc) is 2.81. The summed E-state index contributed by atoms with van der Waals surface area (Å²) in [6, 6.07) is -1.90. The minimum absolute atomic E-state index is 0.0435. The third kappa shape index (κ3) is 2.42. The number of ether oxygens (including phenoxy) is 1. The number of nitrogens with two attached hydrogens (primary N) is 1. The smallest absolute Gasteiger partial charge is 0.328 e. The number of ketones is 1. The molecule has 1 saturated heterocycles. The van der Waals surface area contributed by atoms with Crippen molar-refractivity contribution in [2.75, 3.05) is 7.11 Å². The number of halogens is 1. The topological polar surface area (TPSA) is 89.7 Å². The number of nitrogens with zero attached hydrogens (tertiary/aromatic N) is 1. The van der Waals surface area contributed by atoms with Crippen LogP contribution in [0.4, 0.5) is 0 Å². The van der Waals surface area contributed by atoms with Crippen LogP contribution in [0.2, 0.25) is 0 Å². The van der Waals surface area contributed by atoms with E-state index < -0.39 is 29.5 Å². The van der Waals surface area contributed by atoms with E-state index in [1.165, 1.54) is 12.0 Å². The number of Topliss-reactive ketones (excluding diaryl/α,β-unsaturated/α-hetero) is 1. The Labute approximate surface area is 122 Å². The van der Waals surface area contributed by atoms with Gasteiger partial charge < -0.3 is 15.4 Å². The number of hydrogen-bond donors (Lipinski definition) is 1. The van der Waals surface area contributed by atoms with E-state index in [1.807, 2.05) is 0 Å². The van der Waals surface area contributed by atoms with Crippen LogP contribution in [-0.2, 0) is 19.1 Å². The van der Waals surface area contributed by atoms with Gasteiger partial charge in [-0.3, -0.25) is 9.59 Å². The molecular formula is C13H19ClN2O4. The summed E-state index contributed by atoms with van der Waals surface area (Å²) in [6.07, 6.45) is 1.51. The number of rotatable bonds is 2. The van der Waals surface area contributed by atoms with E-state index in [1.54, 1.807) is 6.92 Å². The Bertz CT molecular complexity index is 440. The molecule has 1 amide bonds. The normalized spacial score (nSPS) is 34.6. The standard InChI is InChI=1S/C13H19ClN2O4/c1-6(15)12(18)16-8(13(19)20-2)5-7-3-4-9(17)10(14)11(7)16/h6-8,10-11H,3-5,15H2,1-2H3/t6-,7-,8+,10?,11+/m1/s1. The molecule has 2 N–H and O–H groups in total. The van der Waals surface area contributed by atoms with Crippen LogP contribution in [0.15, 0.2) is 0 Å². The van der Waals surface area contributed by atoms with Crippen molar-refractivity contribution < 1.29 is 19.1 Å². The summed E-state index contributed by atoms with van der Waals surface area (Å²) in [6.45, 7) is 1.55. The van der Waals surface area contributed by atoms with Crippen molar-refractivity contribution in [2.45, 2.75) is 49.7 Å². The second-order valence-electron chi connectivity index (χ2n) is 5.47. The molecule has 20 heavy (non-hydrogen) atoms. The number of amides is 1. The summed E-state index contributed by atoms with van der Waals surface area (Å²) in [7, 11) is 1.28. The van der Waals surface area contributed by atoms with Crippen molar-refractivity contribution in [1.82, 2.24) is 4.90 Å². The van der Waals surface area contributed by atoms with Crippen molar-refractivity contribution in [3.05, 3.63) is 0 Å². The van der Waals surface area contributed by atoms with Gasteiger partial charge in [-0.1, -0.05) is 0 Å². The summed E-state index contributed by atoms with van der Waals surface area (Å²) >= 11 is 6.19. The van der Waals surface area contributed by atoms with E-state index in [9.17, 15) is 14.4 Å². The zero-order valence-electron chi connectivity index (χ0n) is 11.5. The number of likely N-dealkylation sites (tertiary alicyclic amines) is 1. The second kappa shape index (κ2) is 5.69. The van der Waals surface area contributed by atoms with Crippen molar-refractivity contribution >= 4 is 29.3 Å². The number of carbonyl (C=O) groups is 3. The van der Waals surface area contributed by atoms with Gasteiger partial charge in [0.2, 0.25) is 5.91 Å². The quantitative estimate of drug-likeness (QED) is 0.575. The van der Waals surface area contributed by atoms with Gasteiger partial charge in [-0.2, -0.15) is 0 Å². The first-order chi connectivity index (χ1) is 9.38. The van der Waals surface area contributed by atoms with Crippen molar-refractivity contribution in [1.29, 1.82) is 0 Å². The summed E-state index contributed by atoms with van der Waals surface area (Å²) in [5.41, 5.74) is 5.65. The van der Waals surface area contributed by atoms with E-state index in [0.29, 0.717) is 19.3 Å². The molecule has 2 fully saturated rings. The van der Waals surface area contributed by atoms with Gasteiger partial charge in [-0.25, -0.2) is 4.79 Å². The predicted molar refractivity (Wildman–Crippen MR) is 72.1 cm³/mol. The van der Waals surface area contributed by atoms with Gasteiger partial charge in [0.1, 0.15) is 11.4 Å². The van der Waals surface area contributed by atoms with E-state index in [0.717, 1.165) is 0 Å². The minimum atomic E-state index is -0.772. The van der Waals surface area contributed by atoms with Crippen LogP contribution < -0.4 is 5.73 Å². The molecule has 2 aliphatic rings. The van der Waals surface area contributed by atoms with Gasteiger partial charge in [0.05, 0.1) is 19.2 Å². The van der Waals surface area contributed by atoms with Gasteiger partial charge >= 0.3 is 5.97 Å². The lowest BCUT2D eigenvalue weighted by Crippen LogP contribution is -2.56. The fraction of sp³-hybridized carbons (Fsp3) is 0.769. The molecule has 1 saturated carbocycles. The summed E-state index contributed by atoms with van der Waals surface area (Å²) in [4.78, 5) is 37.4.